The molecule has 0 bridgehead atoms. The summed E-state index contributed by atoms with van der Waals surface area (Å²) in [4.78, 5) is 35.3. The Morgan fingerprint density at radius 1 is 1.14 bits per heavy atom. The van der Waals surface area contributed by atoms with Gasteiger partial charge in [-0.25, -0.2) is 0 Å². The lowest BCUT2D eigenvalue weighted by Gasteiger charge is -2.38. The zero-order valence-electron chi connectivity index (χ0n) is 19.0. The zero-order chi connectivity index (χ0) is 25.3. The number of hydrogen-bond donors (Lipinski definition) is 1. The number of carbonyl (C=O) groups is 2. The molecule has 5 rings (SSSR count). The summed E-state index contributed by atoms with van der Waals surface area (Å²) in [6.45, 7) is 1.32. The lowest BCUT2D eigenvalue weighted by atomic mass is 9.93. The molecule has 2 fully saturated rings. The predicted octanol–water partition coefficient (Wildman–Crippen LogP) is 2.84. The number of rotatable bonds is 6. The summed E-state index contributed by atoms with van der Waals surface area (Å²) in [6.07, 6.45) is -1.99. The van der Waals surface area contributed by atoms with Crippen molar-refractivity contribution in [3.8, 4) is 11.4 Å². The molecule has 1 aromatic carbocycles. The maximum atomic E-state index is 13.5. The fraction of sp³-hybridized carbons (Fsp3) is 0.375. The molecule has 3 heterocycles. The van der Waals surface area contributed by atoms with Crippen molar-refractivity contribution in [2.24, 2.45) is 0 Å². The third kappa shape index (κ3) is 4.68. The standard InChI is InChI=1S/C24H22F3N5O4/c25-24(26,27)21-30-19(31-36-21)15-6-7-18(28-12-15)20(33)29-13-17-14-35-11-10-32(17)22(34)23(8-9-23)16-4-2-1-3-5-16/h1-7,12,17H,8-11,13-14H2,(H,29,33)/t17-/m0/s1. The molecule has 36 heavy (non-hydrogen) atoms. The molecule has 1 saturated heterocycles. The molecule has 0 radical (unpaired) electrons. The highest BCUT2D eigenvalue weighted by atomic mass is 19.4. The van der Waals surface area contributed by atoms with E-state index in [1.54, 1.807) is 4.90 Å². The van der Waals surface area contributed by atoms with Crippen LogP contribution in [0.4, 0.5) is 13.2 Å². The van der Waals surface area contributed by atoms with Crippen LogP contribution in [0.3, 0.4) is 0 Å². The van der Waals surface area contributed by atoms with Gasteiger partial charge in [-0.15, -0.1) is 0 Å². The number of benzene rings is 1. The highest BCUT2D eigenvalue weighted by Crippen LogP contribution is 2.49. The number of halogens is 3. The second kappa shape index (κ2) is 9.34. The van der Waals surface area contributed by atoms with Crippen LogP contribution >= 0.6 is 0 Å². The largest absolute Gasteiger partial charge is 0.471 e. The molecule has 1 aliphatic heterocycles. The summed E-state index contributed by atoms with van der Waals surface area (Å²) in [5, 5.41) is 6.07. The third-order valence-electron chi connectivity index (χ3n) is 6.40. The molecule has 12 heteroatoms. The Bertz CT molecular complexity index is 1240. The number of alkyl halides is 3. The Balaban J connectivity index is 1.22. The average Bonchev–Trinajstić information content (AvgIpc) is 3.55. The predicted molar refractivity (Wildman–Crippen MR) is 119 cm³/mol. The van der Waals surface area contributed by atoms with E-state index in [-0.39, 0.29) is 35.6 Å². The van der Waals surface area contributed by atoms with Gasteiger partial charge in [-0.2, -0.15) is 18.2 Å². The first-order valence-electron chi connectivity index (χ1n) is 11.4. The van der Waals surface area contributed by atoms with Crippen LogP contribution in [-0.4, -0.2) is 64.2 Å². The Morgan fingerprint density at radius 3 is 2.56 bits per heavy atom. The number of pyridine rings is 1. The fourth-order valence-corrected chi connectivity index (χ4v) is 4.29. The molecular weight excluding hydrogens is 479 g/mol. The lowest BCUT2D eigenvalue weighted by molar-refractivity contribution is -0.159. The first-order valence-corrected chi connectivity index (χ1v) is 11.4. The molecule has 3 aromatic rings. The number of morpholine rings is 1. The number of hydrogen-bond acceptors (Lipinski definition) is 7. The molecule has 1 atom stereocenters. The summed E-state index contributed by atoms with van der Waals surface area (Å²) in [5.41, 5.74) is 0.701. The summed E-state index contributed by atoms with van der Waals surface area (Å²) in [5.74, 6) is -2.21. The number of ether oxygens (including phenoxy) is 1. The molecule has 2 aromatic heterocycles. The van der Waals surface area contributed by atoms with E-state index >= 15 is 0 Å². The van der Waals surface area contributed by atoms with E-state index in [0.717, 1.165) is 18.4 Å². The maximum Gasteiger partial charge on any atom is 0.471 e. The van der Waals surface area contributed by atoms with Crippen molar-refractivity contribution < 1.29 is 32.0 Å². The number of aromatic nitrogens is 3. The Hall–Kier alpha value is -3.80. The Labute approximate surface area is 203 Å². The van der Waals surface area contributed by atoms with Gasteiger partial charge in [-0.3, -0.25) is 14.6 Å². The Morgan fingerprint density at radius 2 is 1.92 bits per heavy atom. The zero-order valence-corrected chi connectivity index (χ0v) is 19.0. The summed E-state index contributed by atoms with van der Waals surface area (Å²) in [7, 11) is 0. The van der Waals surface area contributed by atoms with E-state index < -0.39 is 23.4 Å². The van der Waals surface area contributed by atoms with Gasteiger partial charge in [0.05, 0.1) is 24.7 Å². The van der Waals surface area contributed by atoms with Crippen LogP contribution in [-0.2, 0) is 21.1 Å². The molecular formula is C24H22F3N5O4. The summed E-state index contributed by atoms with van der Waals surface area (Å²) >= 11 is 0. The molecule has 2 aliphatic rings. The first-order chi connectivity index (χ1) is 17.3. The van der Waals surface area contributed by atoms with Crippen molar-refractivity contribution in [3.05, 3.63) is 65.8 Å². The topological polar surface area (TPSA) is 110 Å². The van der Waals surface area contributed by atoms with Gasteiger partial charge in [0.15, 0.2) is 0 Å². The lowest BCUT2D eigenvalue weighted by Crippen LogP contribution is -2.56. The molecule has 2 amide bonds. The smallest absolute Gasteiger partial charge is 0.377 e. The SMILES string of the molecule is O=C(NC[C@H]1COCCN1C(=O)C1(c2ccccc2)CC1)c1ccc(-c2noc(C(F)(F)F)n2)cn1. The maximum absolute atomic E-state index is 13.5. The monoisotopic (exact) mass is 501 g/mol. The second-order valence-electron chi connectivity index (χ2n) is 8.74. The minimum atomic E-state index is -4.75. The second-order valence-corrected chi connectivity index (χ2v) is 8.74. The minimum Gasteiger partial charge on any atom is -0.377 e. The quantitative estimate of drug-likeness (QED) is 0.553. The van der Waals surface area contributed by atoms with E-state index in [1.807, 2.05) is 30.3 Å². The van der Waals surface area contributed by atoms with Crippen molar-refractivity contribution in [1.29, 1.82) is 0 Å². The molecule has 0 spiro atoms. The van der Waals surface area contributed by atoms with Crippen LogP contribution in [0, 0.1) is 0 Å². The van der Waals surface area contributed by atoms with Crippen molar-refractivity contribution in [2.75, 3.05) is 26.3 Å². The van der Waals surface area contributed by atoms with E-state index in [4.69, 9.17) is 4.74 Å². The van der Waals surface area contributed by atoms with Gasteiger partial charge < -0.3 is 19.5 Å². The molecule has 9 nitrogen and oxygen atoms in total. The van der Waals surface area contributed by atoms with Crippen LogP contribution in [0.2, 0.25) is 0 Å². The Kier molecular flexibility index (Phi) is 6.20. The third-order valence-corrected chi connectivity index (χ3v) is 6.40. The highest BCUT2D eigenvalue weighted by molar-refractivity contribution is 5.93. The van der Waals surface area contributed by atoms with Crippen LogP contribution in [0.25, 0.3) is 11.4 Å². The van der Waals surface area contributed by atoms with Crippen LogP contribution in [0.15, 0.2) is 53.2 Å². The van der Waals surface area contributed by atoms with Crippen molar-refractivity contribution in [1.82, 2.24) is 25.3 Å². The molecule has 1 aliphatic carbocycles. The molecule has 0 unspecified atom stereocenters. The minimum absolute atomic E-state index is 0.0389. The summed E-state index contributed by atoms with van der Waals surface area (Å²) in [6, 6.07) is 12.1. The van der Waals surface area contributed by atoms with Gasteiger partial charge in [-0.1, -0.05) is 35.5 Å². The van der Waals surface area contributed by atoms with E-state index in [2.05, 4.69) is 25.0 Å². The summed E-state index contributed by atoms with van der Waals surface area (Å²) < 4.78 is 47.8. The average molecular weight is 501 g/mol. The number of carbonyl (C=O) groups excluding carboxylic acids is 2. The number of nitrogens with one attached hydrogen (secondary N) is 1. The van der Waals surface area contributed by atoms with Crippen molar-refractivity contribution in [2.45, 2.75) is 30.5 Å². The van der Waals surface area contributed by atoms with Gasteiger partial charge in [-0.05, 0) is 30.5 Å². The first kappa shape index (κ1) is 23.9. The van der Waals surface area contributed by atoms with Gasteiger partial charge in [0.2, 0.25) is 11.7 Å². The molecule has 1 N–H and O–H groups in total. The van der Waals surface area contributed by atoms with E-state index in [1.165, 1.54) is 18.3 Å². The molecule has 1 saturated carbocycles. The van der Waals surface area contributed by atoms with Crippen LogP contribution in [0.1, 0.15) is 34.8 Å². The van der Waals surface area contributed by atoms with Crippen LogP contribution in [0.5, 0.6) is 0 Å². The van der Waals surface area contributed by atoms with Crippen molar-refractivity contribution >= 4 is 11.8 Å². The van der Waals surface area contributed by atoms with Gasteiger partial charge in [0.25, 0.3) is 5.91 Å². The van der Waals surface area contributed by atoms with Crippen LogP contribution < -0.4 is 5.32 Å². The normalized spacial score (nSPS) is 19.1. The van der Waals surface area contributed by atoms with Gasteiger partial charge in [0, 0.05) is 24.8 Å². The van der Waals surface area contributed by atoms with E-state index in [0.29, 0.717) is 19.8 Å². The van der Waals surface area contributed by atoms with E-state index in [9.17, 15) is 22.8 Å². The fourth-order valence-electron chi connectivity index (χ4n) is 4.29. The highest BCUT2D eigenvalue weighted by Gasteiger charge is 2.54. The van der Waals surface area contributed by atoms with Gasteiger partial charge >= 0.3 is 12.1 Å². The number of nitrogens with zero attached hydrogens (tertiary/aromatic N) is 4. The molecule has 188 valence electrons. The number of amides is 2. The van der Waals surface area contributed by atoms with Gasteiger partial charge in [0.1, 0.15) is 5.69 Å². The van der Waals surface area contributed by atoms with Crippen molar-refractivity contribution in [3.63, 3.8) is 0 Å².